The minimum absolute atomic E-state index is 0. The second-order valence-electron chi connectivity index (χ2n) is 6.50. The molecular formula is C20H21ClN4O3S. The van der Waals surface area contributed by atoms with Crippen LogP contribution in [0.5, 0.6) is 0 Å². The van der Waals surface area contributed by atoms with Crippen molar-refractivity contribution in [2.75, 3.05) is 5.32 Å². The van der Waals surface area contributed by atoms with Crippen molar-refractivity contribution in [1.29, 1.82) is 0 Å². The number of rotatable bonds is 5. The van der Waals surface area contributed by atoms with Gasteiger partial charge in [-0.2, -0.15) is 0 Å². The van der Waals surface area contributed by atoms with E-state index in [1.165, 1.54) is 41.2 Å². The monoisotopic (exact) mass is 432 g/mol. The Labute approximate surface area is 178 Å². The summed E-state index contributed by atoms with van der Waals surface area (Å²) in [6.45, 7) is 4.07. The zero-order chi connectivity index (χ0) is 20.3. The van der Waals surface area contributed by atoms with Crippen LogP contribution in [-0.2, 0) is 18.3 Å². The predicted octanol–water partition coefficient (Wildman–Crippen LogP) is 4.45. The van der Waals surface area contributed by atoms with Gasteiger partial charge < -0.3 is 9.88 Å². The van der Waals surface area contributed by atoms with Gasteiger partial charge in [-0.1, -0.05) is 17.7 Å². The Morgan fingerprint density at radius 3 is 2.52 bits per heavy atom. The summed E-state index contributed by atoms with van der Waals surface area (Å²) in [4.78, 5) is 28.1. The number of nitrogens with zero attached hydrogens (tertiary/aromatic N) is 3. The molecule has 152 valence electrons. The van der Waals surface area contributed by atoms with Crippen LogP contribution in [-0.4, -0.2) is 15.4 Å². The zero-order valence-corrected chi connectivity index (χ0v) is 17.8. The topological polar surface area (TPSA) is 89.5 Å². The number of non-ortho nitro benzene ring substituents is 1. The number of hydrogen-bond donors (Lipinski definition) is 1. The lowest BCUT2D eigenvalue weighted by atomic mass is 10.1. The first-order valence-corrected chi connectivity index (χ1v) is 9.51. The maximum absolute atomic E-state index is 12.3. The first-order chi connectivity index (χ1) is 13.3. The molecule has 1 amide bonds. The van der Waals surface area contributed by atoms with Crippen LogP contribution < -0.4 is 10.1 Å². The Morgan fingerprint density at radius 2 is 1.90 bits per heavy atom. The Bertz CT molecular complexity index is 1100. The van der Waals surface area contributed by atoms with Gasteiger partial charge in [0, 0.05) is 35.9 Å². The number of halogens is 1. The summed E-state index contributed by atoms with van der Waals surface area (Å²) in [7, 11) is 1.88. The number of amides is 1. The smallest absolute Gasteiger partial charge is 0.269 e. The fourth-order valence-corrected chi connectivity index (χ4v) is 3.64. The Morgan fingerprint density at radius 1 is 1.21 bits per heavy atom. The van der Waals surface area contributed by atoms with E-state index in [-0.39, 0.29) is 30.4 Å². The van der Waals surface area contributed by atoms with E-state index in [2.05, 4.69) is 11.4 Å². The van der Waals surface area contributed by atoms with Crippen molar-refractivity contribution < 1.29 is 9.72 Å². The molecule has 7 nitrogen and oxygen atoms in total. The van der Waals surface area contributed by atoms with Gasteiger partial charge in [-0.25, -0.2) is 4.99 Å². The highest BCUT2D eigenvalue weighted by molar-refractivity contribution is 7.07. The van der Waals surface area contributed by atoms with Gasteiger partial charge in [-0.3, -0.25) is 14.9 Å². The lowest BCUT2D eigenvalue weighted by Crippen LogP contribution is -2.19. The number of carbonyl (C=O) groups is 1. The minimum atomic E-state index is -0.474. The second-order valence-corrected chi connectivity index (χ2v) is 7.34. The van der Waals surface area contributed by atoms with Crippen molar-refractivity contribution >= 4 is 46.7 Å². The molecule has 0 saturated heterocycles. The first-order valence-electron chi connectivity index (χ1n) is 8.63. The summed E-state index contributed by atoms with van der Waals surface area (Å²) in [5.74, 6) is -0.194. The van der Waals surface area contributed by atoms with Crippen LogP contribution in [0.25, 0.3) is 0 Å². The number of anilines is 1. The molecule has 0 atom stereocenters. The molecule has 0 bridgehead atoms. The summed E-state index contributed by atoms with van der Waals surface area (Å²) in [6.07, 6.45) is 0.187. The number of hydrogen-bond acceptors (Lipinski definition) is 5. The van der Waals surface area contributed by atoms with E-state index >= 15 is 0 Å². The minimum Gasteiger partial charge on any atom is -0.326 e. The van der Waals surface area contributed by atoms with Gasteiger partial charge in [0.15, 0.2) is 4.80 Å². The lowest BCUT2D eigenvalue weighted by Gasteiger charge is -2.06. The van der Waals surface area contributed by atoms with E-state index in [0.717, 1.165) is 21.7 Å². The average molecular weight is 433 g/mol. The van der Waals surface area contributed by atoms with Crippen molar-refractivity contribution in [3.63, 3.8) is 0 Å². The standard InChI is InChI=1S/C20H20N4O3S.ClH/c1-13-4-9-18(14(2)10-13)22-20-23(3)17(12-28-20)11-19(25)21-15-5-7-16(8-6-15)24(26)27;/h4-10,12H,11H2,1-3H3,(H,21,25);1H. The van der Waals surface area contributed by atoms with Crippen LogP contribution in [0.1, 0.15) is 16.8 Å². The summed E-state index contributed by atoms with van der Waals surface area (Å²) in [5.41, 5.74) is 4.55. The average Bonchev–Trinajstić information content (AvgIpc) is 2.97. The van der Waals surface area contributed by atoms with Crippen LogP contribution in [0.3, 0.4) is 0 Å². The maximum atomic E-state index is 12.3. The highest BCUT2D eigenvalue weighted by Crippen LogP contribution is 2.19. The van der Waals surface area contributed by atoms with E-state index in [0.29, 0.717) is 5.69 Å². The van der Waals surface area contributed by atoms with Gasteiger partial charge in [0.05, 0.1) is 17.0 Å². The van der Waals surface area contributed by atoms with Gasteiger partial charge in [0.2, 0.25) is 5.91 Å². The molecule has 1 heterocycles. The van der Waals surface area contributed by atoms with E-state index in [1.54, 1.807) is 0 Å². The molecule has 1 N–H and O–H groups in total. The molecule has 0 fully saturated rings. The predicted molar refractivity (Wildman–Crippen MR) is 117 cm³/mol. The third-order valence-corrected chi connectivity index (χ3v) is 5.26. The third kappa shape index (κ3) is 5.52. The normalized spacial score (nSPS) is 11.1. The van der Waals surface area contributed by atoms with E-state index in [9.17, 15) is 14.9 Å². The van der Waals surface area contributed by atoms with Gasteiger partial charge in [-0.15, -0.1) is 23.7 Å². The van der Waals surface area contributed by atoms with Gasteiger partial charge in [0.1, 0.15) is 0 Å². The van der Waals surface area contributed by atoms with E-state index in [4.69, 9.17) is 4.99 Å². The second kappa shape index (κ2) is 9.49. The van der Waals surface area contributed by atoms with Crippen LogP contribution in [0.2, 0.25) is 0 Å². The lowest BCUT2D eigenvalue weighted by molar-refractivity contribution is -0.384. The number of nitro benzene ring substituents is 1. The fraction of sp³-hybridized carbons (Fsp3) is 0.200. The zero-order valence-electron chi connectivity index (χ0n) is 16.2. The molecule has 0 aliphatic heterocycles. The highest BCUT2D eigenvalue weighted by Gasteiger charge is 2.10. The van der Waals surface area contributed by atoms with E-state index in [1.807, 2.05) is 43.0 Å². The maximum Gasteiger partial charge on any atom is 0.269 e. The molecule has 0 aliphatic carbocycles. The summed E-state index contributed by atoms with van der Waals surface area (Å²) in [5, 5.41) is 15.4. The van der Waals surface area contributed by atoms with Crippen molar-refractivity contribution in [2.24, 2.45) is 12.0 Å². The number of aromatic nitrogens is 1. The molecule has 9 heteroatoms. The molecule has 0 saturated carbocycles. The highest BCUT2D eigenvalue weighted by atomic mass is 35.5. The molecule has 1 aromatic heterocycles. The Kier molecular flexibility index (Phi) is 7.30. The summed E-state index contributed by atoms with van der Waals surface area (Å²) < 4.78 is 1.90. The van der Waals surface area contributed by atoms with E-state index < -0.39 is 4.92 Å². The quantitative estimate of drug-likeness (QED) is 0.477. The Balaban J connectivity index is 0.00000300. The van der Waals surface area contributed by atoms with Crippen LogP contribution in [0.4, 0.5) is 17.1 Å². The molecule has 29 heavy (non-hydrogen) atoms. The van der Waals surface area contributed by atoms with Gasteiger partial charge >= 0.3 is 0 Å². The molecular weight excluding hydrogens is 412 g/mol. The number of benzene rings is 2. The van der Waals surface area contributed by atoms with Gasteiger partial charge in [0.25, 0.3) is 5.69 Å². The fourth-order valence-electron chi connectivity index (χ4n) is 2.73. The van der Waals surface area contributed by atoms with Crippen molar-refractivity contribution in [1.82, 2.24) is 4.57 Å². The molecule has 3 rings (SSSR count). The van der Waals surface area contributed by atoms with Crippen LogP contribution >= 0.6 is 23.7 Å². The van der Waals surface area contributed by atoms with Crippen molar-refractivity contribution in [3.8, 4) is 0 Å². The SMILES string of the molecule is Cc1ccc(N=c2scc(CC(=O)Nc3ccc([N+](=O)[O-])cc3)n2C)c(C)c1.Cl. The Hall–Kier alpha value is -2.97. The molecule has 0 aliphatic rings. The number of carbonyl (C=O) groups excluding carboxylic acids is 1. The number of thiazole rings is 1. The number of aryl methyl sites for hydroxylation is 2. The molecule has 0 radical (unpaired) electrons. The summed E-state index contributed by atoms with van der Waals surface area (Å²) in [6, 6.07) is 11.9. The number of nitro groups is 1. The number of nitrogens with one attached hydrogen (secondary N) is 1. The largest absolute Gasteiger partial charge is 0.326 e. The molecule has 0 unspecified atom stereocenters. The first kappa shape index (κ1) is 22.3. The van der Waals surface area contributed by atoms with Gasteiger partial charge in [-0.05, 0) is 37.6 Å². The third-order valence-electron chi connectivity index (χ3n) is 4.29. The van der Waals surface area contributed by atoms with Crippen LogP contribution in [0, 0.1) is 24.0 Å². The molecule has 2 aromatic carbocycles. The summed E-state index contributed by atoms with van der Waals surface area (Å²) >= 11 is 1.48. The van der Waals surface area contributed by atoms with Crippen molar-refractivity contribution in [2.45, 2.75) is 20.3 Å². The van der Waals surface area contributed by atoms with Crippen molar-refractivity contribution in [3.05, 3.63) is 79.6 Å². The molecule has 3 aromatic rings. The van der Waals surface area contributed by atoms with Crippen LogP contribution in [0.15, 0.2) is 52.8 Å². The molecule has 0 spiro atoms.